The van der Waals surface area contributed by atoms with Gasteiger partial charge in [-0.15, -0.1) is 5.10 Å². The highest BCUT2D eigenvalue weighted by Crippen LogP contribution is 2.54. The zero-order chi connectivity index (χ0) is 49.3. The highest BCUT2D eigenvalue weighted by atomic mass is 19.1. The molecule has 4 saturated heterocycles. The SMILES string of the molecule is Cc1c(F)cc2c(cnn2C2CCCCO2)c1-c1c(C2CC2)cc2c(N3C[C@@H]4C[C@H]3CN4C(=O)OC(C)(C)C)nc(OC3CCOCC3)nc2c1OCc1ccc(Cn2nc(-c3cnccn3)nc2C)cc1. The Labute approximate surface area is 417 Å². The number of fused-ring (bicyclic) bond motifs is 4. The first-order valence-electron chi connectivity index (χ1n) is 25.5. The van der Waals surface area contributed by atoms with E-state index in [-0.39, 0.29) is 54.9 Å². The van der Waals surface area contributed by atoms with Crippen molar-refractivity contribution in [2.75, 3.05) is 37.8 Å². The number of rotatable bonds is 12. The summed E-state index contributed by atoms with van der Waals surface area (Å²) in [6.45, 7) is 13.0. The Morgan fingerprint density at radius 3 is 2.42 bits per heavy atom. The molecule has 4 aliphatic heterocycles. The smallest absolute Gasteiger partial charge is 0.410 e. The van der Waals surface area contributed by atoms with Crippen LogP contribution in [0.25, 0.3) is 44.5 Å². The number of benzene rings is 3. The Hall–Kier alpha value is -6.79. The van der Waals surface area contributed by atoms with Gasteiger partial charge in [-0.3, -0.25) is 4.98 Å². The standard InChI is InChI=1S/C54H60FN11O6/c1-31-42(55)24-44-41(25-58-66(44)45-8-6-7-19-69-45)46(31)47-39(35-13-14-35)23-40-48(49(47)70-30-34-11-9-33(10-12-34)27-65-32(2)59-50(62-65)43-26-56-17-18-57-43)60-52(71-38-15-20-68-21-16-38)61-51(40)63-28-37-22-36(63)29-64(37)53(67)72-54(3,4)5/h9-12,17-18,23-26,35-38,45H,6-8,13-16,19-22,27-30H2,1-5H3/t36-,37-,45?/m0/s1. The van der Waals surface area contributed by atoms with Crippen LogP contribution in [0.1, 0.15) is 112 Å². The number of carbonyl (C=O) groups is 1. The number of nitrogens with zero attached hydrogens (tertiary/aromatic N) is 11. The second-order valence-electron chi connectivity index (χ2n) is 21.0. The fraction of sp³-hybridized carbons (Fsp3) is 0.481. The molecular weight excluding hydrogens is 918 g/mol. The molecule has 5 fully saturated rings. The van der Waals surface area contributed by atoms with E-state index >= 15 is 4.39 Å². The number of likely N-dealkylation sites (tertiary alicyclic amines) is 1. The van der Waals surface area contributed by atoms with Crippen LogP contribution in [0.2, 0.25) is 0 Å². The molecule has 3 atom stereocenters. The van der Waals surface area contributed by atoms with Gasteiger partial charge in [0.2, 0.25) is 5.82 Å². The molecule has 2 bridgehead atoms. The molecule has 4 aromatic heterocycles. The van der Waals surface area contributed by atoms with E-state index < -0.39 is 5.60 Å². The minimum atomic E-state index is -0.609. The zero-order valence-electron chi connectivity index (χ0n) is 41.5. The van der Waals surface area contributed by atoms with E-state index in [1.807, 2.05) is 55.1 Å². The summed E-state index contributed by atoms with van der Waals surface area (Å²) in [5, 5.41) is 11.3. The number of aromatic nitrogens is 9. The van der Waals surface area contributed by atoms with Gasteiger partial charge in [0.05, 0.1) is 49.8 Å². The van der Waals surface area contributed by atoms with Crippen LogP contribution >= 0.6 is 0 Å². The number of hydrogen-bond acceptors (Lipinski definition) is 14. The van der Waals surface area contributed by atoms with Gasteiger partial charge in [-0.25, -0.2) is 28.5 Å². The molecule has 7 aromatic rings. The molecule has 17 nitrogen and oxygen atoms in total. The molecule has 0 N–H and O–H groups in total. The maximum absolute atomic E-state index is 16.8. The number of piperazine rings is 1. The largest absolute Gasteiger partial charge is 0.486 e. The number of aryl methyl sites for hydroxylation is 1. The summed E-state index contributed by atoms with van der Waals surface area (Å²) in [6.07, 6.45) is 12.9. The van der Waals surface area contributed by atoms with E-state index in [1.54, 1.807) is 24.7 Å². The molecule has 5 aliphatic rings. The fourth-order valence-electron chi connectivity index (χ4n) is 10.9. The van der Waals surface area contributed by atoms with Gasteiger partial charge in [0.1, 0.15) is 47.0 Å². The molecule has 1 aliphatic carbocycles. The molecule has 1 saturated carbocycles. The monoisotopic (exact) mass is 977 g/mol. The molecule has 1 amide bonds. The van der Waals surface area contributed by atoms with Crippen LogP contribution in [0.15, 0.2) is 61.2 Å². The van der Waals surface area contributed by atoms with E-state index in [2.05, 4.69) is 50.2 Å². The quantitative estimate of drug-likeness (QED) is 0.113. The van der Waals surface area contributed by atoms with Crippen molar-refractivity contribution < 1.29 is 32.9 Å². The third kappa shape index (κ3) is 8.96. The van der Waals surface area contributed by atoms with Crippen molar-refractivity contribution in [3.05, 3.63) is 95.1 Å². The molecule has 72 heavy (non-hydrogen) atoms. The molecule has 0 spiro atoms. The van der Waals surface area contributed by atoms with Crippen LogP contribution in [0.5, 0.6) is 11.8 Å². The van der Waals surface area contributed by atoms with E-state index in [0.717, 1.165) is 88.8 Å². The van der Waals surface area contributed by atoms with Gasteiger partial charge >= 0.3 is 12.1 Å². The van der Waals surface area contributed by atoms with E-state index in [4.69, 9.17) is 43.8 Å². The van der Waals surface area contributed by atoms with Crippen LogP contribution in [0.3, 0.4) is 0 Å². The molecule has 3 aromatic carbocycles. The number of carbonyl (C=O) groups excluding carboxylic acids is 1. The Kier molecular flexibility index (Phi) is 12.0. The maximum atomic E-state index is 16.8. The first-order chi connectivity index (χ1) is 34.9. The summed E-state index contributed by atoms with van der Waals surface area (Å²) in [6, 6.07) is 12.3. The number of anilines is 1. The topological polar surface area (TPSA) is 170 Å². The van der Waals surface area contributed by atoms with Gasteiger partial charge in [0.25, 0.3) is 0 Å². The van der Waals surface area contributed by atoms with Crippen molar-refractivity contribution in [2.45, 2.75) is 135 Å². The summed E-state index contributed by atoms with van der Waals surface area (Å²) in [7, 11) is 0. The maximum Gasteiger partial charge on any atom is 0.410 e. The number of amides is 1. The molecule has 12 rings (SSSR count). The van der Waals surface area contributed by atoms with Crippen molar-refractivity contribution in [1.82, 2.24) is 49.4 Å². The first kappa shape index (κ1) is 46.3. The second kappa shape index (κ2) is 18.7. The van der Waals surface area contributed by atoms with Gasteiger partial charge in [0, 0.05) is 72.9 Å². The predicted molar refractivity (Wildman–Crippen MR) is 266 cm³/mol. The fourth-order valence-corrected chi connectivity index (χ4v) is 10.9. The molecule has 0 radical (unpaired) electrons. The molecule has 1 unspecified atom stereocenters. The van der Waals surface area contributed by atoms with E-state index in [9.17, 15) is 4.79 Å². The average Bonchev–Trinajstić information content (AvgIpc) is 3.61. The highest BCUT2D eigenvalue weighted by molar-refractivity contribution is 6.06. The van der Waals surface area contributed by atoms with Crippen LogP contribution in [0.4, 0.5) is 15.0 Å². The third-order valence-electron chi connectivity index (χ3n) is 14.7. The Bertz CT molecular complexity index is 3160. The van der Waals surface area contributed by atoms with Gasteiger partial charge in [-0.05, 0) is 107 Å². The van der Waals surface area contributed by atoms with Crippen LogP contribution in [0, 0.1) is 19.7 Å². The van der Waals surface area contributed by atoms with Crippen molar-refractivity contribution in [2.24, 2.45) is 0 Å². The van der Waals surface area contributed by atoms with Crippen LogP contribution < -0.4 is 14.4 Å². The summed E-state index contributed by atoms with van der Waals surface area (Å²) in [4.78, 5) is 41.4. The van der Waals surface area contributed by atoms with Gasteiger partial charge < -0.3 is 33.5 Å². The van der Waals surface area contributed by atoms with E-state index in [0.29, 0.717) is 86.2 Å². The highest BCUT2D eigenvalue weighted by Gasteiger charge is 2.48. The lowest BCUT2D eigenvalue weighted by atomic mass is 9.88. The van der Waals surface area contributed by atoms with Crippen molar-refractivity contribution in [3.8, 4) is 34.4 Å². The Balaban J connectivity index is 0.981. The van der Waals surface area contributed by atoms with E-state index in [1.165, 1.54) is 0 Å². The normalized spacial score (nSPS) is 20.5. The molecule has 18 heteroatoms. The molecule has 374 valence electrons. The molecule has 8 heterocycles. The van der Waals surface area contributed by atoms with Crippen LogP contribution in [-0.4, -0.2) is 112 Å². The van der Waals surface area contributed by atoms with Crippen molar-refractivity contribution in [3.63, 3.8) is 0 Å². The Morgan fingerprint density at radius 1 is 0.875 bits per heavy atom. The minimum absolute atomic E-state index is 0.0127. The van der Waals surface area contributed by atoms with Crippen molar-refractivity contribution >= 4 is 33.7 Å². The summed E-state index contributed by atoms with van der Waals surface area (Å²) >= 11 is 0. The number of halogens is 1. The summed E-state index contributed by atoms with van der Waals surface area (Å²) in [5.41, 5.74) is 6.30. The lowest BCUT2D eigenvalue weighted by Gasteiger charge is -2.36. The lowest BCUT2D eigenvalue weighted by molar-refractivity contribution is -0.0366. The minimum Gasteiger partial charge on any atom is -0.486 e. The molecular formula is C54H60FN11O6. The van der Waals surface area contributed by atoms with Gasteiger partial charge in [0.15, 0.2) is 12.0 Å². The number of ether oxygens (including phenoxy) is 5. The predicted octanol–water partition coefficient (Wildman–Crippen LogP) is 9.41. The number of hydrogen-bond donors (Lipinski definition) is 0. The first-order valence-corrected chi connectivity index (χ1v) is 25.5. The third-order valence-corrected chi connectivity index (χ3v) is 14.7. The van der Waals surface area contributed by atoms with Gasteiger partial charge in [-0.2, -0.15) is 15.1 Å². The lowest BCUT2D eigenvalue weighted by Crippen LogP contribution is -2.50. The zero-order valence-corrected chi connectivity index (χ0v) is 41.5. The van der Waals surface area contributed by atoms with Crippen LogP contribution in [-0.2, 0) is 27.4 Å². The summed E-state index contributed by atoms with van der Waals surface area (Å²) in [5.74, 6) is 2.41. The van der Waals surface area contributed by atoms with Gasteiger partial charge in [-0.1, -0.05) is 24.3 Å². The average molecular weight is 978 g/mol. The van der Waals surface area contributed by atoms with Crippen molar-refractivity contribution in [1.29, 1.82) is 0 Å². The summed E-state index contributed by atoms with van der Waals surface area (Å²) < 4.78 is 52.3. The second-order valence-corrected chi connectivity index (χ2v) is 21.0. The Morgan fingerprint density at radius 2 is 1.69 bits per heavy atom.